The molecule has 2 unspecified atom stereocenters. The highest BCUT2D eigenvalue weighted by Gasteiger charge is 2.24. The maximum Gasteiger partial charge on any atom is 0.214 e. The van der Waals surface area contributed by atoms with Gasteiger partial charge in [0, 0.05) is 5.37 Å². The summed E-state index contributed by atoms with van der Waals surface area (Å²) in [6, 6.07) is 0. The maximum absolute atomic E-state index is 11.3. The third kappa shape index (κ3) is 5.26. The molecule has 0 bridgehead atoms. The van der Waals surface area contributed by atoms with Gasteiger partial charge < -0.3 is 19.3 Å². The smallest absolute Gasteiger partial charge is 0.214 e. The zero-order valence-electron chi connectivity index (χ0n) is 7.05. The van der Waals surface area contributed by atoms with Crippen molar-refractivity contribution in [3.8, 4) is 0 Å². The van der Waals surface area contributed by atoms with Crippen molar-refractivity contribution in [2.24, 2.45) is 0 Å². The molecule has 0 aromatic heterocycles. The van der Waals surface area contributed by atoms with Crippen LogP contribution in [0.15, 0.2) is 0 Å². The fourth-order valence-corrected chi connectivity index (χ4v) is 7.25. The second kappa shape index (κ2) is 8.10. The Morgan fingerprint density at radius 2 is 1.54 bits per heavy atom. The number of hydrogen-bond acceptors (Lipinski definition) is 4. The average Bonchev–Trinajstić information content (AvgIpc) is 2.06. The lowest BCUT2D eigenvalue weighted by atomic mass is 10.9. The van der Waals surface area contributed by atoms with Crippen LogP contribution >= 0.6 is 8.55 Å². The van der Waals surface area contributed by atoms with E-state index < -0.39 is 29.0 Å². The summed E-state index contributed by atoms with van der Waals surface area (Å²) in [5, 5.41) is 18.4. The summed E-state index contributed by atoms with van der Waals surface area (Å²) in [5.74, 6) is 0.207. The minimum atomic E-state index is -1.34. The Morgan fingerprint density at radius 1 is 1.15 bits per heavy atom. The summed E-state index contributed by atoms with van der Waals surface area (Å²) < 4.78 is 22.6. The van der Waals surface area contributed by atoms with Crippen molar-refractivity contribution in [1.82, 2.24) is 0 Å². The van der Waals surface area contributed by atoms with Gasteiger partial charge in [-0.1, -0.05) is 0 Å². The van der Waals surface area contributed by atoms with Gasteiger partial charge in [-0.25, -0.2) is 0 Å². The molecule has 0 aliphatic heterocycles. The van der Waals surface area contributed by atoms with Gasteiger partial charge >= 0.3 is 0 Å². The molecular weight excluding hydrogens is 232 g/mol. The minimum absolute atomic E-state index is 0.103. The highest BCUT2D eigenvalue weighted by Crippen LogP contribution is 2.30. The van der Waals surface area contributed by atoms with Crippen LogP contribution in [0.5, 0.6) is 0 Å². The molecule has 0 saturated carbocycles. The van der Waals surface area contributed by atoms with Gasteiger partial charge in [0.1, 0.15) is 11.5 Å². The first kappa shape index (κ1) is 13.8. The van der Waals surface area contributed by atoms with Crippen LogP contribution in [-0.4, -0.2) is 49.4 Å². The zero-order valence-corrected chi connectivity index (χ0v) is 9.50. The quantitative estimate of drug-likeness (QED) is 0.364. The van der Waals surface area contributed by atoms with Crippen molar-refractivity contribution < 1.29 is 19.3 Å². The number of aliphatic hydroxyl groups excluding tert-OH is 2. The van der Waals surface area contributed by atoms with Crippen molar-refractivity contribution in [3.05, 3.63) is 6.92 Å². The molecule has 0 heterocycles. The molecule has 0 amide bonds. The number of hydrogen-bond donors (Lipinski definition) is 2. The molecule has 4 nitrogen and oxygen atoms in total. The highest BCUT2D eigenvalue weighted by molar-refractivity contribution is 9.10. The summed E-state index contributed by atoms with van der Waals surface area (Å²) in [7, 11) is -3.61. The molecule has 0 aromatic rings. The van der Waals surface area contributed by atoms with Crippen molar-refractivity contribution in [2.75, 3.05) is 24.7 Å². The summed E-state index contributed by atoms with van der Waals surface area (Å²) >= 11 is 0. The van der Waals surface area contributed by atoms with Gasteiger partial charge in [0.05, 0.1) is 33.6 Å². The first-order valence-electron chi connectivity index (χ1n) is 3.52. The van der Waals surface area contributed by atoms with Crippen LogP contribution in [0.2, 0.25) is 0 Å². The predicted molar refractivity (Wildman–Crippen MR) is 59.2 cm³/mol. The molecule has 0 saturated heterocycles. The molecule has 1 radical (unpaired) electrons. The largest absolute Gasteiger partial charge is 0.602 e. The van der Waals surface area contributed by atoms with E-state index in [2.05, 4.69) is 6.92 Å². The molecule has 0 fully saturated rings. The van der Waals surface area contributed by atoms with E-state index in [9.17, 15) is 9.11 Å². The van der Waals surface area contributed by atoms with Crippen LogP contribution in [0, 0.1) is 6.92 Å². The van der Waals surface area contributed by atoms with Crippen LogP contribution in [0.3, 0.4) is 0 Å². The molecule has 0 aliphatic rings. The fraction of sp³-hybridized carbons (Fsp3) is 0.667. The second-order valence-corrected chi connectivity index (χ2v) is 9.79. The summed E-state index contributed by atoms with van der Waals surface area (Å²) in [5.41, 5.74) is 0. The Bertz CT molecular complexity index is 150. The molecule has 2 N–H and O–H groups in total. The Hall–Kier alpha value is 0.760. The first-order chi connectivity index (χ1) is 6.17. The molecule has 13 heavy (non-hydrogen) atoms. The maximum atomic E-state index is 11.3. The Morgan fingerprint density at radius 3 is 1.77 bits per heavy atom. The van der Waals surface area contributed by atoms with Gasteiger partial charge in [-0.05, 0) is 6.92 Å². The zero-order chi connectivity index (χ0) is 10.3. The fourth-order valence-electron chi connectivity index (χ4n) is 0.550. The Kier molecular flexibility index (Phi) is 8.57. The van der Waals surface area contributed by atoms with Gasteiger partial charge in [-0.3, -0.25) is 0 Å². The number of aliphatic hydroxyl groups is 2. The summed E-state index contributed by atoms with van der Waals surface area (Å²) in [6.45, 7) is 3.04. The predicted octanol–water partition coefficient (Wildman–Crippen LogP) is -0.796. The average molecular weight is 245 g/mol. The molecule has 2 atom stereocenters. The van der Waals surface area contributed by atoms with E-state index in [0.717, 1.165) is 0 Å². The van der Waals surface area contributed by atoms with Gasteiger partial charge in [-0.2, -0.15) is 0 Å². The van der Waals surface area contributed by atoms with Crippen LogP contribution in [0.25, 0.3) is 0 Å². The third-order valence-electron chi connectivity index (χ3n) is 1.02. The SMILES string of the molecule is [CH2]C=S([S+]([O-])CCO)[S+]([O-])CCO. The standard InChI is InChI=1S/C6H13O4S3/c1-2-13(11(9)5-3-7)12(10)6-4-8/h2,7-8H,1,3-6H2. The van der Waals surface area contributed by atoms with E-state index in [1.807, 2.05) is 0 Å². The molecule has 79 valence electrons. The lowest BCUT2D eigenvalue weighted by Crippen LogP contribution is -2.16. The monoisotopic (exact) mass is 245 g/mol. The van der Waals surface area contributed by atoms with E-state index in [1.54, 1.807) is 0 Å². The van der Waals surface area contributed by atoms with Crippen LogP contribution in [0.4, 0.5) is 0 Å². The van der Waals surface area contributed by atoms with Crippen LogP contribution < -0.4 is 0 Å². The van der Waals surface area contributed by atoms with E-state index in [1.165, 1.54) is 5.37 Å². The molecule has 7 heteroatoms. The first-order valence-corrected chi connectivity index (χ1v) is 8.48. The topological polar surface area (TPSA) is 86.6 Å². The van der Waals surface area contributed by atoms with Gasteiger partial charge in [-0.15, -0.1) is 0 Å². The molecule has 0 aromatic carbocycles. The molecule has 0 spiro atoms. The Labute approximate surface area is 85.4 Å². The summed E-state index contributed by atoms with van der Waals surface area (Å²) in [4.78, 5) is 0. The third-order valence-corrected chi connectivity index (χ3v) is 9.80. The number of rotatable bonds is 6. The van der Waals surface area contributed by atoms with E-state index in [0.29, 0.717) is 0 Å². The second-order valence-electron chi connectivity index (χ2n) is 1.89. The molecule has 0 aliphatic carbocycles. The molecular formula is C6H13O4S3. The normalized spacial score (nSPS) is 17.9. The summed E-state index contributed by atoms with van der Waals surface area (Å²) in [6.07, 6.45) is 0. The van der Waals surface area contributed by atoms with Crippen LogP contribution in [-0.2, 0) is 20.4 Å². The van der Waals surface area contributed by atoms with Gasteiger partial charge in [0.2, 0.25) is 8.55 Å². The highest BCUT2D eigenvalue weighted by atomic mass is 33.5. The molecule has 0 rings (SSSR count). The van der Waals surface area contributed by atoms with Crippen LogP contribution in [0.1, 0.15) is 0 Å². The minimum Gasteiger partial charge on any atom is -0.602 e. The Balaban J connectivity index is 4.16. The van der Waals surface area contributed by atoms with Gasteiger partial charge in [0.25, 0.3) is 0 Å². The van der Waals surface area contributed by atoms with Crippen molar-refractivity contribution in [1.29, 1.82) is 0 Å². The van der Waals surface area contributed by atoms with Gasteiger partial charge in [0.15, 0.2) is 0 Å². The van der Waals surface area contributed by atoms with Crippen molar-refractivity contribution in [3.63, 3.8) is 0 Å². The van der Waals surface area contributed by atoms with E-state index >= 15 is 0 Å². The lowest BCUT2D eigenvalue weighted by molar-refractivity contribution is 0.320. The van der Waals surface area contributed by atoms with Crippen molar-refractivity contribution in [2.45, 2.75) is 0 Å². The van der Waals surface area contributed by atoms with E-state index in [-0.39, 0.29) is 24.7 Å². The lowest BCUT2D eigenvalue weighted by Gasteiger charge is -2.14. The van der Waals surface area contributed by atoms with Crippen molar-refractivity contribution >= 4 is 34.3 Å². The van der Waals surface area contributed by atoms with E-state index in [4.69, 9.17) is 10.2 Å².